The van der Waals surface area contributed by atoms with Crippen LogP contribution in [-0.2, 0) is 9.59 Å². The van der Waals surface area contributed by atoms with Crippen LogP contribution >= 0.6 is 11.8 Å². The highest BCUT2D eigenvalue weighted by Crippen LogP contribution is 2.34. The Morgan fingerprint density at radius 3 is 2.80 bits per heavy atom. The van der Waals surface area contributed by atoms with E-state index in [4.69, 9.17) is 9.47 Å². The summed E-state index contributed by atoms with van der Waals surface area (Å²) in [7, 11) is 0. The topological polar surface area (TPSA) is 76.1 Å². The second-order valence-electron chi connectivity index (χ2n) is 6.32. The van der Waals surface area contributed by atoms with Crippen molar-refractivity contribution < 1.29 is 24.2 Å². The molecule has 1 fully saturated rings. The highest BCUT2D eigenvalue weighted by molar-refractivity contribution is 7.99. The highest BCUT2D eigenvalue weighted by Gasteiger charge is 2.34. The lowest BCUT2D eigenvalue weighted by Gasteiger charge is -2.37. The molecule has 2 heterocycles. The van der Waals surface area contributed by atoms with Crippen molar-refractivity contribution in [2.45, 2.75) is 37.1 Å². The molecule has 0 aromatic heterocycles. The largest absolute Gasteiger partial charge is 0.486 e. The van der Waals surface area contributed by atoms with E-state index in [1.807, 2.05) is 25.1 Å². The summed E-state index contributed by atoms with van der Waals surface area (Å²) in [6, 6.07) is 5.56. The molecular weight excluding hydrogens is 342 g/mol. The number of nitrogens with zero attached hydrogens (tertiary/aromatic N) is 1. The van der Waals surface area contributed by atoms with Crippen molar-refractivity contribution in [3.63, 3.8) is 0 Å². The number of carbonyl (C=O) groups excluding carboxylic acids is 1. The van der Waals surface area contributed by atoms with Crippen molar-refractivity contribution in [3.8, 4) is 11.5 Å². The molecule has 1 N–H and O–H groups in total. The molecule has 25 heavy (non-hydrogen) atoms. The van der Waals surface area contributed by atoms with Gasteiger partial charge in [-0.15, -0.1) is 11.8 Å². The molecule has 0 saturated carbocycles. The lowest BCUT2D eigenvalue weighted by Crippen LogP contribution is -2.49. The first-order valence-electron chi connectivity index (χ1n) is 8.61. The first-order valence-corrected chi connectivity index (χ1v) is 9.59. The van der Waals surface area contributed by atoms with Crippen LogP contribution in [0.25, 0.3) is 0 Å². The number of fused-ring (bicyclic) bond motifs is 1. The lowest BCUT2D eigenvalue weighted by molar-refractivity contribution is -0.148. The monoisotopic (exact) mass is 365 g/mol. The van der Waals surface area contributed by atoms with Gasteiger partial charge in [-0.1, -0.05) is 0 Å². The third-order valence-corrected chi connectivity index (χ3v) is 5.72. The van der Waals surface area contributed by atoms with E-state index < -0.39 is 11.9 Å². The average molecular weight is 365 g/mol. The fraction of sp³-hybridized carbons (Fsp3) is 0.556. The van der Waals surface area contributed by atoms with E-state index in [0.29, 0.717) is 38.4 Å². The standard InChI is InChI=1S/C18H23NO5S/c1-12-14(18(21)22)3-2-7-19(12)17(20)6-10-25-13-4-5-15-16(11-13)24-9-8-23-15/h4-5,11-12,14H,2-3,6-10H2,1H3,(H,21,22)/t12-,14-/m1/s1. The highest BCUT2D eigenvalue weighted by atomic mass is 32.2. The zero-order valence-electron chi connectivity index (χ0n) is 14.3. The molecule has 0 radical (unpaired) electrons. The van der Waals surface area contributed by atoms with Gasteiger partial charge in [0.2, 0.25) is 5.91 Å². The molecular formula is C18H23NO5S. The Bertz CT molecular complexity index is 650. The summed E-state index contributed by atoms with van der Waals surface area (Å²) < 4.78 is 11.1. The quantitative estimate of drug-likeness (QED) is 0.809. The van der Waals surface area contributed by atoms with Gasteiger partial charge in [-0.05, 0) is 38.0 Å². The second-order valence-corrected chi connectivity index (χ2v) is 7.49. The molecule has 1 aromatic carbocycles. The fourth-order valence-electron chi connectivity index (χ4n) is 3.34. The number of thioether (sulfide) groups is 1. The molecule has 1 saturated heterocycles. The maximum Gasteiger partial charge on any atom is 0.308 e. The molecule has 2 aliphatic rings. The van der Waals surface area contributed by atoms with Crippen molar-refractivity contribution in [2.75, 3.05) is 25.5 Å². The third kappa shape index (κ3) is 4.21. The number of piperidine rings is 1. The van der Waals surface area contributed by atoms with E-state index in [1.54, 1.807) is 16.7 Å². The summed E-state index contributed by atoms with van der Waals surface area (Å²) >= 11 is 1.59. The van der Waals surface area contributed by atoms with Crippen LogP contribution in [0.4, 0.5) is 0 Å². The van der Waals surface area contributed by atoms with Gasteiger partial charge in [-0.2, -0.15) is 0 Å². The molecule has 2 aliphatic heterocycles. The van der Waals surface area contributed by atoms with Gasteiger partial charge >= 0.3 is 5.97 Å². The van der Waals surface area contributed by atoms with E-state index in [2.05, 4.69) is 0 Å². The number of rotatable bonds is 5. The molecule has 0 unspecified atom stereocenters. The number of carbonyl (C=O) groups is 2. The third-order valence-electron chi connectivity index (χ3n) is 4.72. The van der Waals surface area contributed by atoms with Gasteiger partial charge in [-0.25, -0.2) is 0 Å². The summed E-state index contributed by atoms with van der Waals surface area (Å²) in [4.78, 5) is 26.5. The van der Waals surface area contributed by atoms with Crippen molar-refractivity contribution >= 4 is 23.6 Å². The Morgan fingerprint density at radius 2 is 2.04 bits per heavy atom. The predicted molar refractivity (Wildman–Crippen MR) is 94.3 cm³/mol. The Balaban J connectivity index is 1.51. The molecule has 0 aliphatic carbocycles. The summed E-state index contributed by atoms with van der Waals surface area (Å²) in [5.41, 5.74) is 0. The van der Waals surface area contributed by atoms with E-state index in [-0.39, 0.29) is 11.9 Å². The second kappa shape index (κ2) is 7.99. The molecule has 0 bridgehead atoms. The van der Waals surface area contributed by atoms with Crippen LogP contribution in [-0.4, -0.2) is 53.4 Å². The van der Waals surface area contributed by atoms with Crippen molar-refractivity contribution in [2.24, 2.45) is 5.92 Å². The maximum atomic E-state index is 12.5. The van der Waals surface area contributed by atoms with Crippen LogP contribution in [0.1, 0.15) is 26.2 Å². The summed E-state index contributed by atoms with van der Waals surface area (Å²) in [5, 5.41) is 9.27. The van der Waals surface area contributed by atoms with Crippen LogP contribution in [0.5, 0.6) is 11.5 Å². The zero-order chi connectivity index (χ0) is 17.8. The van der Waals surface area contributed by atoms with Crippen molar-refractivity contribution in [3.05, 3.63) is 18.2 Å². The number of ether oxygens (including phenoxy) is 2. The van der Waals surface area contributed by atoms with Gasteiger partial charge in [0.25, 0.3) is 0 Å². The van der Waals surface area contributed by atoms with Crippen LogP contribution in [0, 0.1) is 5.92 Å². The minimum absolute atomic E-state index is 0.0310. The molecule has 6 nitrogen and oxygen atoms in total. The number of amides is 1. The predicted octanol–water partition coefficient (Wildman–Crippen LogP) is 2.65. The first kappa shape index (κ1) is 17.9. The van der Waals surface area contributed by atoms with E-state index in [0.717, 1.165) is 22.8 Å². The fourth-order valence-corrected chi connectivity index (χ4v) is 4.21. The SMILES string of the molecule is C[C@@H]1[C@H](C(=O)O)CCCN1C(=O)CCSc1ccc2c(c1)OCCO2. The van der Waals surface area contributed by atoms with Gasteiger partial charge in [0.05, 0.1) is 5.92 Å². The van der Waals surface area contributed by atoms with Gasteiger partial charge in [0.1, 0.15) is 13.2 Å². The summed E-state index contributed by atoms with van der Waals surface area (Å²) in [6.07, 6.45) is 1.80. The van der Waals surface area contributed by atoms with Crippen LogP contribution in [0.3, 0.4) is 0 Å². The van der Waals surface area contributed by atoms with Gasteiger partial charge < -0.3 is 19.5 Å². The number of hydrogen-bond donors (Lipinski definition) is 1. The molecule has 3 rings (SSSR count). The van der Waals surface area contributed by atoms with E-state index in [1.165, 1.54) is 0 Å². The minimum atomic E-state index is -0.810. The minimum Gasteiger partial charge on any atom is -0.486 e. The molecule has 1 amide bonds. The van der Waals surface area contributed by atoms with Gasteiger partial charge in [-0.3, -0.25) is 9.59 Å². The molecule has 1 aromatic rings. The normalized spacial score (nSPS) is 22.5. The first-order chi connectivity index (χ1) is 12.1. The van der Waals surface area contributed by atoms with Crippen molar-refractivity contribution in [1.82, 2.24) is 4.90 Å². The molecule has 7 heteroatoms. The maximum absolute atomic E-state index is 12.5. The van der Waals surface area contributed by atoms with E-state index >= 15 is 0 Å². The Hall–Kier alpha value is -1.89. The number of aliphatic carboxylic acids is 1. The van der Waals surface area contributed by atoms with Crippen LogP contribution < -0.4 is 9.47 Å². The van der Waals surface area contributed by atoms with Gasteiger partial charge in [0, 0.05) is 29.7 Å². The molecule has 136 valence electrons. The van der Waals surface area contributed by atoms with Crippen LogP contribution in [0.15, 0.2) is 23.1 Å². The number of benzene rings is 1. The van der Waals surface area contributed by atoms with E-state index in [9.17, 15) is 14.7 Å². The summed E-state index contributed by atoms with van der Waals surface area (Å²) in [5.74, 6) is 0.923. The number of likely N-dealkylation sites (tertiary alicyclic amines) is 1. The lowest BCUT2D eigenvalue weighted by atomic mass is 9.90. The smallest absolute Gasteiger partial charge is 0.308 e. The Morgan fingerprint density at radius 1 is 1.28 bits per heavy atom. The Labute approximate surface area is 151 Å². The zero-order valence-corrected chi connectivity index (χ0v) is 15.1. The number of hydrogen-bond acceptors (Lipinski definition) is 5. The summed E-state index contributed by atoms with van der Waals surface area (Å²) in [6.45, 7) is 3.61. The molecule has 0 spiro atoms. The van der Waals surface area contributed by atoms with Crippen molar-refractivity contribution in [1.29, 1.82) is 0 Å². The van der Waals surface area contributed by atoms with Crippen LogP contribution in [0.2, 0.25) is 0 Å². The Kier molecular flexibility index (Phi) is 5.73. The number of carboxylic acids is 1. The average Bonchev–Trinajstić information content (AvgIpc) is 2.61. The van der Waals surface area contributed by atoms with Gasteiger partial charge in [0.15, 0.2) is 11.5 Å². The molecule has 2 atom stereocenters. The number of carboxylic acid groups (broad SMARTS) is 1.